The maximum absolute atomic E-state index is 11.7. The van der Waals surface area contributed by atoms with Crippen LogP contribution in [0.1, 0.15) is 17.3 Å². The van der Waals surface area contributed by atoms with Gasteiger partial charge in [-0.3, -0.25) is 9.78 Å². The molecule has 3 nitrogen and oxygen atoms in total. The fraction of sp³-hybridized carbons (Fsp3) is 0.0588. The van der Waals surface area contributed by atoms with Gasteiger partial charge in [0.2, 0.25) is 0 Å². The number of benzene rings is 2. The van der Waals surface area contributed by atoms with Crippen LogP contribution in [0, 0.1) is 0 Å². The van der Waals surface area contributed by atoms with Crippen LogP contribution in [-0.4, -0.2) is 10.8 Å². The van der Waals surface area contributed by atoms with Gasteiger partial charge in [-0.15, -0.1) is 0 Å². The van der Waals surface area contributed by atoms with Crippen LogP contribution in [0.4, 0.5) is 11.4 Å². The number of hydrogen-bond acceptors (Lipinski definition) is 3. The Bertz CT molecular complexity index is 830. The minimum absolute atomic E-state index is 0.0409. The van der Waals surface area contributed by atoms with Gasteiger partial charge in [0.25, 0.3) is 0 Å². The molecule has 3 aromatic rings. The number of pyridine rings is 1. The number of ketones is 1. The maximum Gasteiger partial charge on any atom is 0.161 e. The van der Waals surface area contributed by atoms with Crippen molar-refractivity contribution in [3.8, 4) is 0 Å². The third-order valence-electron chi connectivity index (χ3n) is 3.28. The predicted octanol–water partition coefficient (Wildman–Crippen LogP) is 4.94. The lowest BCUT2D eigenvalue weighted by Gasteiger charge is -2.12. The second-order valence-electron chi connectivity index (χ2n) is 4.75. The number of nitrogens with zero attached hydrogens (tertiary/aromatic N) is 1. The van der Waals surface area contributed by atoms with Crippen molar-refractivity contribution in [2.24, 2.45) is 0 Å². The van der Waals surface area contributed by atoms with Crippen LogP contribution in [0.2, 0.25) is 0 Å². The Morgan fingerprint density at radius 3 is 2.71 bits per heavy atom. The van der Waals surface area contributed by atoms with E-state index in [4.69, 9.17) is 0 Å². The zero-order chi connectivity index (χ0) is 14.8. The van der Waals surface area contributed by atoms with Crippen LogP contribution < -0.4 is 5.32 Å². The third kappa shape index (κ3) is 2.81. The van der Waals surface area contributed by atoms with Crippen molar-refractivity contribution in [1.82, 2.24) is 4.98 Å². The Kier molecular flexibility index (Phi) is 3.71. The molecule has 1 aromatic heterocycles. The topological polar surface area (TPSA) is 42.0 Å². The van der Waals surface area contributed by atoms with E-state index in [2.05, 4.69) is 26.2 Å². The van der Waals surface area contributed by atoms with E-state index in [-0.39, 0.29) is 5.78 Å². The van der Waals surface area contributed by atoms with Gasteiger partial charge in [-0.2, -0.15) is 0 Å². The van der Waals surface area contributed by atoms with E-state index in [1.54, 1.807) is 13.1 Å². The number of nitrogens with one attached hydrogen (secondary N) is 1. The molecule has 0 bridgehead atoms. The highest BCUT2D eigenvalue weighted by Crippen LogP contribution is 2.28. The van der Waals surface area contributed by atoms with Crippen LogP contribution in [0.3, 0.4) is 0 Å². The molecule has 21 heavy (non-hydrogen) atoms. The molecule has 1 N–H and O–H groups in total. The van der Waals surface area contributed by atoms with Gasteiger partial charge in [0.05, 0.1) is 5.52 Å². The molecule has 3 rings (SSSR count). The van der Waals surface area contributed by atoms with Crippen molar-refractivity contribution in [3.63, 3.8) is 0 Å². The normalized spacial score (nSPS) is 10.6. The molecule has 0 amide bonds. The maximum atomic E-state index is 11.7. The minimum Gasteiger partial charge on any atom is -0.354 e. The smallest absolute Gasteiger partial charge is 0.161 e. The number of rotatable bonds is 3. The van der Waals surface area contributed by atoms with Gasteiger partial charge in [0.15, 0.2) is 5.78 Å². The summed E-state index contributed by atoms with van der Waals surface area (Å²) in [7, 11) is 0. The lowest BCUT2D eigenvalue weighted by Crippen LogP contribution is -2.00. The van der Waals surface area contributed by atoms with E-state index in [1.807, 2.05) is 48.5 Å². The molecule has 104 valence electrons. The van der Waals surface area contributed by atoms with Crippen molar-refractivity contribution in [3.05, 3.63) is 64.8 Å². The molecule has 0 saturated heterocycles. The van der Waals surface area contributed by atoms with Crippen LogP contribution >= 0.6 is 15.9 Å². The molecule has 0 aliphatic rings. The van der Waals surface area contributed by atoms with Crippen LogP contribution in [-0.2, 0) is 0 Å². The first-order valence-electron chi connectivity index (χ1n) is 6.56. The van der Waals surface area contributed by atoms with Crippen LogP contribution in [0.25, 0.3) is 10.9 Å². The van der Waals surface area contributed by atoms with Gasteiger partial charge in [-0.1, -0.05) is 28.1 Å². The Morgan fingerprint density at radius 2 is 1.90 bits per heavy atom. The van der Waals surface area contributed by atoms with Gasteiger partial charge >= 0.3 is 0 Å². The molecule has 1 heterocycles. The summed E-state index contributed by atoms with van der Waals surface area (Å²) in [5.41, 5.74) is 3.32. The van der Waals surface area contributed by atoms with E-state index in [1.165, 1.54) is 0 Å². The molecule has 0 fully saturated rings. The number of aromatic nitrogens is 1. The molecule has 0 unspecified atom stereocenters. The fourth-order valence-corrected chi connectivity index (χ4v) is 2.62. The second kappa shape index (κ2) is 5.66. The summed E-state index contributed by atoms with van der Waals surface area (Å²) in [6.07, 6.45) is 1.76. The second-order valence-corrected chi connectivity index (χ2v) is 5.66. The summed E-state index contributed by atoms with van der Waals surface area (Å²) in [6, 6.07) is 15.4. The lowest BCUT2D eigenvalue weighted by atomic mass is 10.1. The summed E-state index contributed by atoms with van der Waals surface area (Å²) in [5, 5.41) is 4.35. The molecule has 0 aliphatic heterocycles. The van der Waals surface area contributed by atoms with E-state index in [9.17, 15) is 4.79 Å². The average Bonchev–Trinajstić information content (AvgIpc) is 2.47. The minimum atomic E-state index is 0.0409. The zero-order valence-corrected chi connectivity index (χ0v) is 13.0. The van der Waals surface area contributed by atoms with Gasteiger partial charge in [-0.25, -0.2) is 0 Å². The Hall–Kier alpha value is -2.20. The van der Waals surface area contributed by atoms with Gasteiger partial charge in [0.1, 0.15) is 0 Å². The summed E-state index contributed by atoms with van der Waals surface area (Å²) in [5.74, 6) is 0.0409. The van der Waals surface area contributed by atoms with Gasteiger partial charge in [-0.05, 0) is 43.3 Å². The molecule has 4 heteroatoms. The number of halogens is 1. The lowest BCUT2D eigenvalue weighted by molar-refractivity contribution is 0.101. The molecular formula is C17H13BrN2O. The molecule has 0 atom stereocenters. The number of fused-ring (bicyclic) bond motifs is 1. The number of carbonyl (C=O) groups is 1. The molecule has 0 radical (unpaired) electrons. The van der Waals surface area contributed by atoms with E-state index in [0.29, 0.717) is 5.56 Å². The first-order valence-corrected chi connectivity index (χ1v) is 7.36. The zero-order valence-electron chi connectivity index (χ0n) is 11.4. The van der Waals surface area contributed by atoms with E-state index in [0.717, 1.165) is 26.8 Å². The monoisotopic (exact) mass is 340 g/mol. The molecule has 0 spiro atoms. The Morgan fingerprint density at radius 1 is 1.10 bits per heavy atom. The Balaban J connectivity index is 2.09. The number of hydrogen-bond donors (Lipinski definition) is 1. The first-order chi connectivity index (χ1) is 10.1. The number of anilines is 2. The van der Waals surface area contributed by atoms with E-state index >= 15 is 0 Å². The number of carbonyl (C=O) groups excluding carboxylic acids is 1. The van der Waals surface area contributed by atoms with Crippen molar-refractivity contribution in [1.29, 1.82) is 0 Å². The molecule has 0 saturated carbocycles. The molecule has 2 aromatic carbocycles. The first kappa shape index (κ1) is 13.8. The van der Waals surface area contributed by atoms with Crippen molar-refractivity contribution in [2.45, 2.75) is 6.92 Å². The largest absolute Gasteiger partial charge is 0.354 e. The highest BCUT2D eigenvalue weighted by atomic mass is 79.9. The van der Waals surface area contributed by atoms with Crippen molar-refractivity contribution < 1.29 is 4.79 Å². The third-order valence-corrected chi connectivity index (χ3v) is 3.77. The van der Waals surface area contributed by atoms with Gasteiger partial charge < -0.3 is 5.32 Å². The number of para-hydroxylation sites is 1. The highest BCUT2D eigenvalue weighted by molar-refractivity contribution is 9.10. The SMILES string of the molecule is CC(=O)c1ccccc1Nc1ccnc2cc(Br)ccc12. The highest BCUT2D eigenvalue weighted by Gasteiger charge is 2.08. The standard InChI is InChI=1S/C17H13BrN2O/c1-11(21)13-4-2-3-5-15(13)20-16-8-9-19-17-10-12(18)6-7-14(16)17/h2-10H,1H3,(H,19,20). The van der Waals surface area contributed by atoms with Crippen molar-refractivity contribution >= 4 is 44.0 Å². The predicted molar refractivity (Wildman–Crippen MR) is 89.2 cm³/mol. The fourth-order valence-electron chi connectivity index (χ4n) is 2.27. The van der Waals surface area contributed by atoms with Gasteiger partial charge in [0, 0.05) is 33.0 Å². The summed E-state index contributed by atoms with van der Waals surface area (Å²) in [6.45, 7) is 1.57. The van der Waals surface area contributed by atoms with E-state index < -0.39 is 0 Å². The number of Topliss-reactive ketones (excluding diaryl/α,β-unsaturated/α-hetero) is 1. The van der Waals surface area contributed by atoms with Crippen LogP contribution in [0.15, 0.2) is 59.2 Å². The van der Waals surface area contributed by atoms with Crippen molar-refractivity contribution in [2.75, 3.05) is 5.32 Å². The quantitative estimate of drug-likeness (QED) is 0.686. The average molecular weight is 341 g/mol. The molecule has 0 aliphatic carbocycles. The summed E-state index contributed by atoms with van der Waals surface area (Å²) < 4.78 is 0.990. The summed E-state index contributed by atoms with van der Waals surface area (Å²) in [4.78, 5) is 16.1. The summed E-state index contributed by atoms with van der Waals surface area (Å²) >= 11 is 3.45. The Labute approximate surface area is 131 Å². The molecular weight excluding hydrogens is 328 g/mol. The van der Waals surface area contributed by atoms with Crippen LogP contribution in [0.5, 0.6) is 0 Å².